The summed E-state index contributed by atoms with van der Waals surface area (Å²) in [6, 6.07) is 7.81. The fraction of sp³-hybridized carbons (Fsp3) is 0.647. The monoisotopic (exact) mass is 338 g/mol. The molecule has 0 bridgehead atoms. The second kappa shape index (κ2) is 6.95. The largest absolute Gasteiger partial charge is 0.368 e. The number of hydrogen-bond donors (Lipinski definition) is 1. The highest BCUT2D eigenvalue weighted by Gasteiger charge is 2.29. The van der Waals surface area contributed by atoms with E-state index in [4.69, 9.17) is 0 Å². The van der Waals surface area contributed by atoms with Crippen LogP contribution >= 0.6 is 15.9 Å². The van der Waals surface area contributed by atoms with E-state index < -0.39 is 0 Å². The Kier molecular flexibility index (Phi) is 5.50. The number of nitrogens with zero attached hydrogens (tertiary/aromatic N) is 1. The van der Waals surface area contributed by atoms with Crippen LogP contribution in [0, 0.1) is 5.92 Å². The summed E-state index contributed by atoms with van der Waals surface area (Å²) in [5, 5.41) is 3.55. The van der Waals surface area contributed by atoms with Gasteiger partial charge >= 0.3 is 0 Å². The van der Waals surface area contributed by atoms with E-state index in [1.54, 1.807) is 0 Å². The average molecular weight is 339 g/mol. The molecule has 2 unspecified atom stereocenters. The molecule has 3 heteroatoms. The van der Waals surface area contributed by atoms with Crippen molar-refractivity contribution in [3.05, 3.63) is 28.2 Å². The molecule has 1 aromatic rings. The van der Waals surface area contributed by atoms with Crippen molar-refractivity contribution in [1.29, 1.82) is 0 Å². The normalized spacial score (nSPS) is 20.7. The molecular weight excluding hydrogens is 312 g/mol. The first-order valence-corrected chi connectivity index (χ1v) is 8.63. The standard InChI is InChI=1S/C17H27BrN2/c1-5-19-13(4)15-11-14(18)8-9-17(15)20-10-6-7-16(20)12(2)3/h8-9,11-13,16,19H,5-7,10H2,1-4H3. The third-order valence-electron chi connectivity index (χ3n) is 4.34. The Bertz CT molecular complexity index is 445. The topological polar surface area (TPSA) is 15.3 Å². The Balaban J connectivity index is 2.35. The highest BCUT2D eigenvalue weighted by Crippen LogP contribution is 2.36. The van der Waals surface area contributed by atoms with Gasteiger partial charge in [0.1, 0.15) is 0 Å². The summed E-state index contributed by atoms with van der Waals surface area (Å²) < 4.78 is 1.17. The molecular formula is C17H27BrN2. The molecule has 0 aliphatic carbocycles. The van der Waals surface area contributed by atoms with Gasteiger partial charge < -0.3 is 10.2 Å². The van der Waals surface area contributed by atoms with Crippen molar-refractivity contribution in [2.24, 2.45) is 5.92 Å². The fourth-order valence-corrected chi connectivity index (χ4v) is 3.71. The van der Waals surface area contributed by atoms with Crippen molar-refractivity contribution < 1.29 is 0 Å². The van der Waals surface area contributed by atoms with Gasteiger partial charge in [0.15, 0.2) is 0 Å². The van der Waals surface area contributed by atoms with Crippen molar-refractivity contribution >= 4 is 21.6 Å². The molecule has 2 nitrogen and oxygen atoms in total. The first-order valence-electron chi connectivity index (χ1n) is 7.84. The van der Waals surface area contributed by atoms with E-state index >= 15 is 0 Å². The minimum Gasteiger partial charge on any atom is -0.368 e. The first kappa shape index (κ1) is 15.8. The molecule has 1 aliphatic rings. The molecule has 1 aromatic carbocycles. The SMILES string of the molecule is CCNC(C)c1cc(Br)ccc1N1CCCC1C(C)C. The van der Waals surface area contributed by atoms with Crippen LogP contribution in [-0.2, 0) is 0 Å². The molecule has 1 fully saturated rings. The lowest BCUT2D eigenvalue weighted by molar-refractivity contribution is 0.489. The molecule has 1 heterocycles. The third kappa shape index (κ3) is 3.37. The molecule has 0 radical (unpaired) electrons. The molecule has 1 aliphatic heterocycles. The minimum atomic E-state index is 0.390. The quantitative estimate of drug-likeness (QED) is 0.833. The predicted molar refractivity (Wildman–Crippen MR) is 91.4 cm³/mol. The molecule has 20 heavy (non-hydrogen) atoms. The molecule has 1 N–H and O–H groups in total. The summed E-state index contributed by atoms with van der Waals surface area (Å²) in [6.07, 6.45) is 2.64. The van der Waals surface area contributed by atoms with Crippen LogP contribution in [0.1, 0.15) is 52.1 Å². The molecule has 2 atom stereocenters. The molecule has 2 rings (SSSR count). The summed E-state index contributed by atoms with van der Waals surface area (Å²) in [5.41, 5.74) is 2.83. The van der Waals surface area contributed by atoms with E-state index in [9.17, 15) is 0 Å². The van der Waals surface area contributed by atoms with E-state index in [2.05, 4.69) is 72.0 Å². The van der Waals surface area contributed by atoms with Crippen LogP contribution < -0.4 is 10.2 Å². The molecule has 0 amide bonds. The van der Waals surface area contributed by atoms with Crippen LogP contribution in [0.4, 0.5) is 5.69 Å². The van der Waals surface area contributed by atoms with Crippen LogP contribution in [0.25, 0.3) is 0 Å². The highest BCUT2D eigenvalue weighted by molar-refractivity contribution is 9.10. The smallest absolute Gasteiger partial charge is 0.0417 e. The van der Waals surface area contributed by atoms with Gasteiger partial charge in [0, 0.05) is 28.8 Å². The van der Waals surface area contributed by atoms with Gasteiger partial charge in [-0.05, 0) is 56.0 Å². The van der Waals surface area contributed by atoms with E-state index in [1.807, 2.05) is 0 Å². The number of rotatable bonds is 5. The summed E-state index contributed by atoms with van der Waals surface area (Å²) in [5.74, 6) is 0.712. The Morgan fingerprint density at radius 2 is 2.10 bits per heavy atom. The summed E-state index contributed by atoms with van der Waals surface area (Å²) in [4.78, 5) is 2.63. The first-order chi connectivity index (χ1) is 9.54. The predicted octanol–water partition coefficient (Wildman–Crippen LogP) is 4.74. The molecule has 112 valence electrons. The van der Waals surface area contributed by atoms with Gasteiger partial charge in [0.2, 0.25) is 0 Å². The second-order valence-corrected chi connectivity index (χ2v) is 7.05. The zero-order valence-corrected chi connectivity index (χ0v) is 14.7. The van der Waals surface area contributed by atoms with Crippen LogP contribution in [-0.4, -0.2) is 19.1 Å². The summed E-state index contributed by atoms with van der Waals surface area (Å²) in [7, 11) is 0. The Morgan fingerprint density at radius 1 is 1.35 bits per heavy atom. The maximum Gasteiger partial charge on any atom is 0.0417 e. The zero-order chi connectivity index (χ0) is 14.7. The number of anilines is 1. The third-order valence-corrected chi connectivity index (χ3v) is 4.84. The maximum atomic E-state index is 3.62. The van der Waals surface area contributed by atoms with Crippen LogP contribution in [0.5, 0.6) is 0 Å². The van der Waals surface area contributed by atoms with E-state index in [0.29, 0.717) is 18.0 Å². The molecule has 0 saturated carbocycles. The molecule has 1 saturated heterocycles. The van der Waals surface area contributed by atoms with Crippen molar-refractivity contribution in [2.45, 2.75) is 52.6 Å². The van der Waals surface area contributed by atoms with Gasteiger partial charge in [-0.3, -0.25) is 0 Å². The summed E-state index contributed by atoms with van der Waals surface area (Å²) >= 11 is 3.62. The van der Waals surface area contributed by atoms with Gasteiger partial charge in [-0.15, -0.1) is 0 Å². The lowest BCUT2D eigenvalue weighted by atomic mass is 9.99. The number of halogens is 1. The van der Waals surface area contributed by atoms with Gasteiger partial charge in [0.05, 0.1) is 0 Å². The highest BCUT2D eigenvalue weighted by atomic mass is 79.9. The maximum absolute atomic E-state index is 3.62. The van der Waals surface area contributed by atoms with Gasteiger partial charge in [-0.1, -0.05) is 36.7 Å². The number of hydrogen-bond acceptors (Lipinski definition) is 2. The van der Waals surface area contributed by atoms with Gasteiger partial charge in [-0.25, -0.2) is 0 Å². The lowest BCUT2D eigenvalue weighted by Gasteiger charge is -2.33. The van der Waals surface area contributed by atoms with Crippen LogP contribution in [0.2, 0.25) is 0 Å². The Hall–Kier alpha value is -0.540. The second-order valence-electron chi connectivity index (χ2n) is 6.13. The van der Waals surface area contributed by atoms with E-state index in [0.717, 1.165) is 6.54 Å². The van der Waals surface area contributed by atoms with E-state index in [-0.39, 0.29) is 0 Å². The molecule has 0 spiro atoms. The fourth-order valence-electron chi connectivity index (χ4n) is 3.33. The Morgan fingerprint density at radius 3 is 2.75 bits per heavy atom. The van der Waals surface area contributed by atoms with Crippen molar-refractivity contribution in [2.75, 3.05) is 18.0 Å². The van der Waals surface area contributed by atoms with Gasteiger partial charge in [0.25, 0.3) is 0 Å². The number of benzene rings is 1. The molecule has 0 aromatic heterocycles. The van der Waals surface area contributed by atoms with Crippen LogP contribution in [0.15, 0.2) is 22.7 Å². The van der Waals surface area contributed by atoms with E-state index in [1.165, 1.54) is 35.1 Å². The minimum absolute atomic E-state index is 0.390. The van der Waals surface area contributed by atoms with Crippen LogP contribution in [0.3, 0.4) is 0 Å². The zero-order valence-electron chi connectivity index (χ0n) is 13.1. The van der Waals surface area contributed by atoms with Crippen molar-refractivity contribution in [1.82, 2.24) is 5.32 Å². The van der Waals surface area contributed by atoms with Crippen molar-refractivity contribution in [3.8, 4) is 0 Å². The summed E-state index contributed by atoms with van der Waals surface area (Å²) in [6.45, 7) is 11.3. The lowest BCUT2D eigenvalue weighted by Crippen LogP contribution is -2.34. The van der Waals surface area contributed by atoms with Crippen molar-refractivity contribution in [3.63, 3.8) is 0 Å². The Labute approximate surface area is 132 Å². The average Bonchev–Trinajstić information content (AvgIpc) is 2.88. The van der Waals surface area contributed by atoms with Gasteiger partial charge in [-0.2, -0.15) is 0 Å². The number of nitrogens with one attached hydrogen (secondary N) is 1.